The topological polar surface area (TPSA) is 74.7 Å². The minimum Gasteiger partial charge on any atom is -0.396 e. The van der Waals surface area contributed by atoms with Crippen LogP contribution in [-0.4, -0.2) is 59.3 Å². The molecule has 1 aromatic heterocycles. The monoisotopic (exact) mass is 291 g/mol. The minimum atomic E-state index is 0.0794. The zero-order chi connectivity index (χ0) is 14.7. The first-order valence-corrected chi connectivity index (χ1v) is 7.43. The molecule has 1 aliphatic carbocycles. The van der Waals surface area contributed by atoms with Gasteiger partial charge in [-0.15, -0.1) is 0 Å². The van der Waals surface area contributed by atoms with E-state index in [1.165, 1.54) is 0 Å². The molecule has 1 aliphatic heterocycles. The van der Waals surface area contributed by atoms with Gasteiger partial charge in [-0.3, -0.25) is 9.78 Å². The Hall–Kier alpha value is -1.66. The number of carbonyl (C=O) groups excluding carboxylic acids is 1. The van der Waals surface area contributed by atoms with E-state index in [2.05, 4.69) is 10.3 Å². The maximum Gasteiger partial charge on any atom is 0.242 e. The highest BCUT2D eigenvalue weighted by Crippen LogP contribution is 2.33. The maximum atomic E-state index is 12.4. The molecule has 2 aliphatic rings. The molecular formula is C15H21N3O3. The van der Waals surface area contributed by atoms with Crippen LogP contribution in [0.3, 0.4) is 0 Å². The Balaban J connectivity index is 1.59. The lowest BCUT2D eigenvalue weighted by atomic mass is 10.1. The van der Waals surface area contributed by atoms with Gasteiger partial charge in [0.2, 0.25) is 5.91 Å². The van der Waals surface area contributed by atoms with Crippen molar-refractivity contribution in [2.45, 2.75) is 25.0 Å². The van der Waals surface area contributed by atoms with Crippen LogP contribution in [-0.2, 0) is 9.53 Å². The number of pyridine rings is 1. The third kappa shape index (κ3) is 3.16. The number of morpholine rings is 1. The smallest absolute Gasteiger partial charge is 0.242 e. The number of anilines is 1. The molecule has 6 heteroatoms. The van der Waals surface area contributed by atoms with Crippen LogP contribution in [0.25, 0.3) is 0 Å². The molecule has 1 saturated heterocycles. The van der Waals surface area contributed by atoms with Gasteiger partial charge in [0.25, 0.3) is 0 Å². The maximum absolute atomic E-state index is 12.4. The van der Waals surface area contributed by atoms with Crippen molar-refractivity contribution < 1.29 is 14.6 Å². The van der Waals surface area contributed by atoms with Crippen molar-refractivity contribution in [2.24, 2.45) is 5.92 Å². The van der Waals surface area contributed by atoms with Crippen LogP contribution >= 0.6 is 0 Å². The van der Waals surface area contributed by atoms with E-state index in [1.807, 2.05) is 17.0 Å². The van der Waals surface area contributed by atoms with E-state index < -0.39 is 0 Å². The molecule has 2 fully saturated rings. The number of nitrogens with one attached hydrogen (secondary N) is 1. The number of carbonyl (C=O) groups is 1. The fourth-order valence-electron chi connectivity index (χ4n) is 3.26. The van der Waals surface area contributed by atoms with Crippen molar-refractivity contribution in [3.63, 3.8) is 0 Å². The first kappa shape index (κ1) is 14.3. The Morgan fingerprint density at radius 2 is 2.43 bits per heavy atom. The van der Waals surface area contributed by atoms with Crippen LogP contribution in [0.2, 0.25) is 0 Å². The standard InChI is InChI=1S/C15H21N3O3/c19-10-11-6-13-14(7-11)21-5-4-18(13)15(20)9-17-12-2-1-3-16-8-12/h1-3,8,11,13-14,17,19H,4-7,9-10H2/t11-,13+,14?/m1/s1. The van der Waals surface area contributed by atoms with Gasteiger partial charge in [-0.2, -0.15) is 0 Å². The van der Waals surface area contributed by atoms with Crippen molar-refractivity contribution in [1.29, 1.82) is 0 Å². The molecule has 0 spiro atoms. The van der Waals surface area contributed by atoms with Crippen LogP contribution < -0.4 is 5.32 Å². The molecule has 1 saturated carbocycles. The normalized spacial score (nSPS) is 28.2. The van der Waals surface area contributed by atoms with Gasteiger partial charge in [-0.1, -0.05) is 0 Å². The zero-order valence-corrected chi connectivity index (χ0v) is 11.9. The molecule has 1 aromatic rings. The Kier molecular flexibility index (Phi) is 4.36. The lowest BCUT2D eigenvalue weighted by molar-refractivity contribution is -0.142. The first-order chi connectivity index (χ1) is 10.3. The third-order valence-corrected chi connectivity index (χ3v) is 4.32. The quantitative estimate of drug-likeness (QED) is 0.844. The van der Waals surface area contributed by atoms with E-state index in [9.17, 15) is 9.90 Å². The minimum absolute atomic E-state index is 0.0794. The summed E-state index contributed by atoms with van der Waals surface area (Å²) in [5.74, 6) is 0.329. The van der Waals surface area contributed by atoms with Gasteiger partial charge in [0, 0.05) is 25.5 Å². The second-order valence-electron chi connectivity index (χ2n) is 5.68. The first-order valence-electron chi connectivity index (χ1n) is 7.43. The number of aliphatic hydroxyl groups is 1. The molecule has 2 N–H and O–H groups in total. The van der Waals surface area contributed by atoms with Crippen molar-refractivity contribution in [1.82, 2.24) is 9.88 Å². The van der Waals surface area contributed by atoms with E-state index in [1.54, 1.807) is 12.4 Å². The number of rotatable bonds is 4. The molecule has 0 aromatic carbocycles. The Morgan fingerprint density at radius 1 is 1.52 bits per heavy atom. The number of aliphatic hydroxyl groups excluding tert-OH is 1. The summed E-state index contributed by atoms with van der Waals surface area (Å²) < 4.78 is 5.74. The molecule has 21 heavy (non-hydrogen) atoms. The zero-order valence-electron chi connectivity index (χ0n) is 11.9. The van der Waals surface area contributed by atoms with E-state index in [-0.39, 0.29) is 37.1 Å². The summed E-state index contributed by atoms with van der Waals surface area (Å²) in [6.45, 7) is 1.65. The van der Waals surface area contributed by atoms with E-state index in [0.29, 0.717) is 13.2 Å². The molecule has 114 valence electrons. The number of nitrogens with zero attached hydrogens (tertiary/aromatic N) is 2. The van der Waals surface area contributed by atoms with E-state index >= 15 is 0 Å². The van der Waals surface area contributed by atoms with Crippen molar-refractivity contribution >= 4 is 11.6 Å². The lowest BCUT2D eigenvalue weighted by Crippen LogP contribution is -2.52. The van der Waals surface area contributed by atoms with Crippen LogP contribution in [0.1, 0.15) is 12.8 Å². The van der Waals surface area contributed by atoms with Gasteiger partial charge in [-0.05, 0) is 30.9 Å². The summed E-state index contributed by atoms with van der Waals surface area (Å²) in [5, 5.41) is 12.4. The predicted octanol–water partition coefficient (Wildman–Crippen LogP) is 0.492. The Labute approximate surface area is 124 Å². The van der Waals surface area contributed by atoms with E-state index in [0.717, 1.165) is 18.5 Å². The number of hydrogen-bond acceptors (Lipinski definition) is 5. The molecule has 0 radical (unpaired) electrons. The fraction of sp³-hybridized carbons (Fsp3) is 0.600. The second kappa shape index (κ2) is 6.41. The SMILES string of the molecule is O=C(CNc1cccnc1)N1CCOC2C[C@H](CO)C[C@@H]21. The summed E-state index contributed by atoms with van der Waals surface area (Å²) in [6.07, 6.45) is 5.17. The molecule has 1 amide bonds. The summed E-state index contributed by atoms with van der Waals surface area (Å²) in [4.78, 5) is 18.4. The molecule has 3 atom stereocenters. The van der Waals surface area contributed by atoms with Gasteiger partial charge >= 0.3 is 0 Å². The number of fused-ring (bicyclic) bond motifs is 1. The van der Waals surface area contributed by atoms with Gasteiger partial charge in [0.15, 0.2) is 0 Å². The largest absolute Gasteiger partial charge is 0.396 e. The molecule has 1 unspecified atom stereocenters. The molecule has 2 heterocycles. The van der Waals surface area contributed by atoms with Crippen LogP contribution in [0.4, 0.5) is 5.69 Å². The number of ether oxygens (including phenoxy) is 1. The predicted molar refractivity (Wildman–Crippen MR) is 77.8 cm³/mol. The lowest BCUT2D eigenvalue weighted by Gasteiger charge is -2.37. The van der Waals surface area contributed by atoms with Crippen molar-refractivity contribution in [2.75, 3.05) is 31.6 Å². The summed E-state index contributed by atoms with van der Waals surface area (Å²) >= 11 is 0. The molecule has 6 nitrogen and oxygen atoms in total. The van der Waals surface area contributed by atoms with Crippen LogP contribution in [0.5, 0.6) is 0 Å². The average molecular weight is 291 g/mol. The Morgan fingerprint density at radius 3 is 3.19 bits per heavy atom. The van der Waals surface area contributed by atoms with Gasteiger partial charge in [0.05, 0.1) is 31.0 Å². The van der Waals surface area contributed by atoms with Crippen LogP contribution in [0.15, 0.2) is 24.5 Å². The molecule has 3 rings (SSSR count). The highest BCUT2D eigenvalue weighted by molar-refractivity contribution is 5.81. The number of hydrogen-bond donors (Lipinski definition) is 2. The summed E-state index contributed by atoms with van der Waals surface area (Å²) in [6, 6.07) is 3.83. The van der Waals surface area contributed by atoms with Crippen molar-refractivity contribution in [3.05, 3.63) is 24.5 Å². The highest BCUT2D eigenvalue weighted by atomic mass is 16.5. The Bertz CT molecular complexity index is 482. The second-order valence-corrected chi connectivity index (χ2v) is 5.68. The molecule has 0 bridgehead atoms. The number of aromatic nitrogens is 1. The number of amides is 1. The third-order valence-electron chi connectivity index (χ3n) is 4.32. The average Bonchev–Trinajstić information content (AvgIpc) is 2.96. The summed E-state index contributed by atoms with van der Waals surface area (Å²) in [5.41, 5.74) is 0.843. The van der Waals surface area contributed by atoms with E-state index in [4.69, 9.17) is 4.74 Å². The highest BCUT2D eigenvalue weighted by Gasteiger charge is 2.42. The fourth-order valence-corrected chi connectivity index (χ4v) is 3.26. The van der Waals surface area contributed by atoms with Gasteiger partial charge in [0.1, 0.15) is 0 Å². The van der Waals surface area contributed by atoms with Gasteiger partial charge in [-0.25, -0.2) is 0 Å². The van der Waals surface area contributed by atoms with Crippen LogP contribution in [0, 0.1) is 5.92 Å². The van der Waals surface area contributed by atoms with Gasteiger partial charge < -0.3 is 20.1 Å². The summed E-state index contributed by atoms with van der Waals surface area (Å²) in [7, 11) is 0. The van der Waals surface area contributed by atoms with Crippen molar-refractivity contribution in [3.8, 4) is 0 Å². The molecular weight excluding hydrogens is 270 g/mol.